The molecule has 1 saturated heterocycles. The monoisotopic (exact) mass is 238 g/mol. The molecule has 5 heteroatoms. The highest BCUT2D eigenvalue weighted by Crippen LogP contribution is 2.24. The fourth-order valence-electron chi connectivity index (χ4n) is 1.99. The third kappa shape index (κ3) is 2.55. The first-order valence-corrected chi connectivity index (χ1v) is 5.58. The van der Waals surface area contributed by atoms with E-state index in [9.17, 15) is 9.18 Å². The van der Waals surface area contributed by atoms with Gasteiger partial charge in [0, 0.05) is 25.6 Å². The Morgan fingerprint density at radius 1 is 1.47 bits per heavy atom. The Morgan fingerprint density at radius 3 is 2.94 bits per heavy atom. The van der Waals surface area contributed by atoms with Gasteiger partial charge in [0.05, 0.1) is 0 Å². The Balaban J connectivity index is 2.13. The maximum absolute atomic E-state index is 13.6. The summed E-state index contributed by atoms with van der Waals surface area (Å²) in [6.45, 7) is 1.49. The molecule has 0 aliphatic carbocycles. The highest BCUT2D eigenvalue weighted by atomic mass is 19.1. The Bertz CT molecular complexity index is 411. The molecule has 4 nitrogen and oxygen atoms in total. The van der Waals surface area contributed by atoms with Gasteiger partial charge in [0.25, 0.3) is 0 Å². The van der Waals surface area contributed by atoms with Crippen LogP contribution >= 0.6 is 0 Å². The zero-order chi connectivity index (χ0) is 12.3. The predicted octanol–water partition coefficient (Wildman–Crippen LogP) is 1.32. The Hall–Kier alpha value is -1.62. The van der Waals surface area contributed by atoms with Crippen molar-refractivity contribution in [1.82, 2.24) is 4.90 Å². The van der Waals surface area contributed by atoms with Crippen LogP contribution in [0.4, 0.5) is 9.18 Å². The van der Waals surface area contributed by atoms with Gasteiger partial charge in [-0.25, -0.2) is 9.18 Å². The quantitative estimate of drug-likeness (QED) is 0.864. The molecular formula is C12H15FN2O2. The number of nitrogens with zero attached hydrogens (tertiary/aromatic N) is 1. The molecule has 1 fully saturated rings. The van der Waals surface area contributed by atoms with E-state index in [2.05, 4.69) is 0 Å². The number of amides is 1. The van der Waals surface area contributed by atoms with Crippen molar-refractivity contribution in [3.05, 3.63) is 35.6 Å². The molecule has 1 heterocycles. The minimum Gasteiger partial charge on any atom is -0.449 e. The van der Waals surface area contributed by atoms with E-state index in [4.69, 9.17) is 10.5 Å². The Labute approximate surface area is 99.2 Å². The summed E-state index contributed by atoms with van der Waals surface area (Å²) >= 11 is 0. The lowest BCUT2D eigenvalue weighted by molar-refractivity contribution is 0.0622. The summed E-state index contributed by atoms with van der Waals surface area (Å²) in [5, 5.41) is 0. The zero-order valence-electron chi connectivity index (χ0n) is 9.43. The molecule has 1 aromatic carbocycles. The van der Waals surface area contributed by atoms with Crippen LogP contribution in [0.25, 0.3) is 0 Å². The van der Waals surface area contributed by atoms with Crippen LogP contribution in [0.5, 0.6) is 0 Å². The van der Waals surface area contributed by atoms with E-state index < -0.39 is 0 Å². The van der Waals surface area contributed by atoms with Gasteiger partial charge >= 0.3 is 6.09 Å². The summed E-state index contributed by atoms with van der Waals surface area (Å²) in [5.41, 5.74) is 6.00. The van der Waals surface area contributed by atoms with Crippen LogP contribution in [0.2, 0.25) is 0 Å². The van der Waals surface area contributed by atoms with Crippen LogP contribution in [0.1, 0.15) is 11.5 Å². The van der Waals surface area contributed by atoms with E-state index in [-0.39, 0.29) is 24.4 Å². The standard InChI is InChI=1S/C12H15FN2O2/c13-11-4-2-1-3-10(11)9-7-15(6-5-14)12(16)17-8-9/h1-4,9H,5-8,14H2. The van der Waals surface area contributed by atoms with E-state index in [0.29, 0.717) is 25.2 Å². The number of hydrogen-bond acceptors (Lipinski definition) is 3. The summed E-state index contributed by atoms with van der Waals surface area (Å²) in [6, 6.07) is 6.56. The van der Waals surface area contributed by atoms with Crippen LogP contribution in [0.15, 0.2) is 24.3 Å². The molecule has 17 heavy (non-hydrogen) atoms. The number of nitrogens with two attached hydrogens (primary N) is 1. The van der Waals surface area contributed by atoms with Crippen LogP contribution in [0.3, 0.4) is 0 Å². The molecule has 1 aromatic rings. The molecule has 0 saturated carbocycles. The van der Waals surface area contributed by atoms with Crippen molar-refractivity contribution >= 4 is 6.09 Å². The minimum absolute atomic E-state index is 0.125. The molecule has 2 N–H and O–H groups in total. The molecular weight excluding hydrogens is 223 g/mol. The van der Waals surface area contributed by atoms with Crippen LogP contribution < -0.4 is 5.73 Å². The second-order valence-electron chi connectivity index (χ2n) is 4.03. The van der Waals surface area contributed by atoms with E-state index in [1.54, 1.807) is 18.2 Å². The van der Waals surface area contributed by atoms with Crippen molar-refractivity contribution in [1.29, 1.82) is 0 Å². The SMILES string of the molecule is NCCN1CC(c2ccccc2F)COC1=O. The Morgan fingerprint density at radius 2 is 2.24 bits per heavy atom. The van der Waals surface area contributed by atoms with Crippen LogP contribution in [-0.2, 0) is 4.74 Å². The molecule has 1 aliphatic heterocycles. The molecule has 0 aromatic heterocycles. The Kier molecular flexibility index (Phi) is 3.58. The van der Waals surface area contributed by atoms with Gasteiger partial charge in [-0.1, -0.05) is 18.2 Å². The lowest BCUT2D eigenvalue weighted by Crippen LogP contribution is -2.44. The normalized spacial score (nSPS) is 20.2. The van der Waals surface area contributed by atoms with Gasteiger partial charge < -0.3 is 15.4 Å². The average Bonchev–Trinajstić information content (AvgIpc) is 2.33. The second-order valence-corrected chi connectivity index (χ2v) is 4.03. The van der Waals surface area contributed by atoms with E-state index in [0.717, 1.165) is 0 Å². The number of halogens is 1. The summed E-state index contributed by atoms with van der Waals surface area (Å²) in [7, 11) is 0. The maximum Gasteiger partial charge on any atom is 0.409 e. The van der Waals surface area contributed by atoms with Crippen molar-refractivity contribution in [2.24, 2.45) is 5.73 Å². The van der Waals surface area contributed by atoms with Gasteiger partial charge in [0.2, 0.25) is 0 Å². The van der Waals surface area contributed by atoms with E-state index in [1.807, 2.05) is 0 Å². The number of hydrogen-bond donors (Lipinski definition) is 1. The number of cyclic esters (lactones) is 1. The number of carbonyl (C=O) groups is 1. The van der Waals surface area contributed by atoms with E-state index in [1.165, 1.54) is 11.0 Å². The molecule has 0 bridgehead atoms. The number of rotatable bonds is 3. The van der Waals surface area contributed by atoms with Crippen molar-refractivity contribution in [2.75, 3.05) is 26.2 Å². The first kappa shape index (κ1) is 11.9. The third-order valence-electron chi connectivity index (χ3n) is 2.85. The zero-order valence-corrected chi connectivity index (χ0v) is 9.43. The van der Waals surface area contributed by atoms with Gasteiger partial charge in [-0.2, -0.15) is 0 Å². The largest absolute Gasteiger partial charge is 0.449 e. The van der Waals surface area contributed by atoms with Crippen molar-refractivity contribution in [3.8, 4) is 0 Å². The first-order valence-electron chi connectivity index (χ1n) is 5.58. The summed E-state index contributed by atoms with van der Waals surface area (Å²) in [4.78, 5) is 12.9. The number of benzene rings is 1. The highest BCUT2D eigenvalue weighted by molar-refractivity contribution is 5.68. The maximum atomic E-state index is 13.6. The highest BCUT2D eigenvalue weighted by Gasteiger charge is 2.28. The van der Waals surface area contributed by atoms with Gasteiger partial charge in [-0.05, 0) is 11.6 Å². The lowest BCUT2D eigenvalue weighted by atomic mass is 9.98. The molecule has 1 amide bonds. The number of ether oxygens (including phenoxy) is 1. The smallest absolute Gasteiger partial charge is 0.409 e. The lowest BCUT2D eigenvalue weighted by Gasteiger charge is -2.32. The third-order valence-corrected chi connectivity index (χ3v) is 2.85. The van der Waals surface area contributed by atoms with Crippen LogP contribution in [0, 0.1) is 5.82 Å². The topological polar surface area (TPSA) is 55.6 Å². The molecule has 1 aliphatic rings. The molecule has 0 spiro atoms. The molecule has 0 radical (unpaired) electrons. The van der Waals surface area contributed by atoms with Crippen LogP contribution in [-0.4, -0.2) is 37.2 Å². The fourth-order valence-corrected chi connectivity index (χ4v) is 1.99. The summed E-state index contributed by atoms with van der Waals surface area (Å²) < 4.78 is 18.6. The summed E-state index contributed by atoms with van der Waals surface area (Å²) in [5.74, 6) is -0.386. The summed E-state index contributed by atoms with van der Waals surface area (Å²) in [6.07, 6.45) is -0.372. The second kappa shape index (κ2) is 5.14. The molecule has 1 unspecified atom stereocenters. The minimum atomic E-state index is -0.372. The fraction of sp³-hybridized carbons (Fsp3) is 0.417. The van der Waals surface area contributed by atoms with Crippen molar-refractivity contribution in [3.63, 3.8) is 0 Å². The van der Waals surface area contributed by atoms with Gasteiger partial charge in [-0.3, -0.25) is 0 Å². The number of carbonyl (C=O) groups excluding carboxylic acids is 1. The molecule has 1 atom stereocenters. The van der Waals surface area contributed by atoms with Crippen molar-refractivity contribution < 1.29 is 13.9 Å². The first-order chi connectivity index (χ1) is 8.22. The van der Waals surface area contributed by atoms with Gasteiger partial charge in [-0.15, -0.1) is 0 Å². The molecule has 92 valence electrons. The predicted molar refractivity (Wildman–Crippen MR) is 61.1 cm³/mol. The van der Waals surface area contributed by atoms with Crippen molar-refractivity contribution in [2.45, 2.75) is 5.92 Å². The average molecular weight is 238 g/mol. The van der Waals surface area contributed by atoms with Gasteiger partial charge in [0.15, 0.2) is 0 Å². The molecule has 2 rings (SSSR count). The van der Waals surface area contributed by atoms with Gasteiger partial charge in [0.1, 0.15) is 12.4 Å². The van der Waals surface area contributed by atoms with E-state index >= 15 is 0 Å².